The fraction of sp³-hybridized carbons (Fsp3) is 0.471. The van der Waals surface area contributed by atoms with Crippen LogP contribution < -0.4 is 4.74 Å². The molecule has 1 atom stereocenters. The average Bonchev–Trinajstić information content (AvgIpc) is 3.00. The van der Waals surface area contributed by atoms with Crippen LogP contribution in [-0.2, 0) is 4.79 Å². The molecule has 3 rings (SSSR count). The number of carbonyl (C=O) groups excluding carboxylic acids is 1. The number of aromatic nitrogens is 2. The van der Waals surface area contributed by atoms with Gasteiger partial charge >= 0.3 is 0 Å². The van der Waals surface area contributed by atoms with Crippen LogP contribution in [0.3, 0.4) is 0 Å². The molecule has 1 unspecified atom stereocenters. The molecule has 122 valence electrons. The highest BCUT2D eigenvalue weighted by atomic mass is 16.5. The Kier molecular flexibility index (Phi) is 4.60. The smallest absolute Gasteiger partial charge is 0.260 e. The van der Waals surface area contributed by atoms with Crippen LogP contribution in [-0.4, -0.2) is 40.6 Å². The molecule has 0 spiro atoms. The quantitative estimate of drug-likeness (QED) is 0.867. The summed E-state index contributed by atoms with van der Waals surface area (Å²) in [6.07, 6.45) is 1.90. The van der Waals surface area contributed by atoms with E-state index in [-0.39, 0.29) is 18.4 Å². The molecule has 1 aliphatic heterocycles. The molecule has 6 nitrogen and oxygen atoms in total. The first kappa shape index (κ1) is 15.5. The van der Waals surface area contributed by atoms with Crippen molar-refractivity contribution in [2.45, 2.75) is 32.6 Å². The first-order valence-electron chi connectivity index (χ1n) is 7.90. The van der Waals surface area contributed by atoms with Gasteiger partial charge in [0.25, 0.3) is 5.91 Å². The third-order valence-corrected chi connectivity index (χ3v) is 4.11. The van der Waals surface area contributed by atoms with Gasteiger partial charge in [-0.3, -0.25) is 4.79 Å². The number of benzene rings is 1. The molecule has 1 fully saturated rings. The minimum atomic E-state index is -0.00538. The van der Waals surface area contributed by atoms with Gasteiger partial charge in [0, 0.05) is 13.1 Å². The number of piperidine rings is 1. The van der Waals surface area contributed by atoms with Crippen LogP contribution in [0.1, 0.15) is 36.0 Å². The third kappa shape index (κ3) is 3.70. The molecular formula is C17H21N3O3. The zero-order valence-electron chi connectivity index (χ0n) is 13.5. The maximum Gasteiger partial charge on any atom is 0.260 e. The monoisotopic (exact) mass is 315 g/mol. The van der Waals surface area contributed by atoms with Crippen molar-refractivity contribution in [1.82, 2.24) is 15.0 Å². The number of nitrogens with zero attached hydrogens (tertiary/aromatic N) is 3. The fourth-order valence-electron chi connectivity index (χ4n) is 2.83. The molecule has 0 radical (unpaired) electrons. The zero-order valence-corrected chi connectivity index (χ0v) is 13.5. The van der Waals surface area contributed by atoms with E-state index in [1.807, 2.05) is 36.1 Å². The average molecular weight is 315 g/mol. The number of hydrogen-bond acceptors (Lipinski definition) is 5. The van der Waals surface area contributed by atoms with Crippen molar-refractivity contribution in [3.8, 4) is 5.75 Å². The second-order valence-electron chi connectivity index (χ2n) is 5.91. The predicted octanol–water partition coefficient (Wildman–Crippen LogP) is 2.47. The minimum Gasteiger partial charge on any atom is -0.484 e. The second kappa shape index (κ2) is 6.81. The summed E-state index contributed by atoms with van der Waals surface area (Å²) in [7, 11) is 0. The Hall–Kier alpha value is -2.37. The summed E-state index contributed by atoms with van der Waals surface area (Å²) in [5.41, 5.74) is 1.03. The van der Waals surface area contributed by atoms with Crippen molar-refractivity contribution in [2.75, 3.05) is 19.7 Å². The lowest BCUT2D eigenvalue weighted by Gasteiger charge is -2.31. The normalized spacial score (nSPS) is 18.0. The van der Waals surface area contributed by atoms with Crippen LogP contribution in [0.5, 0.6) is 5.75 Å². The highest BCUT2D eigenvalue weighted by Gasteiger charge is 2.28. The van der Waals surface area contributed by atoms with E-state index in [0.29, 0.717) is 18.3 Å². The highest BCUT2D eigenvalue weighted by molar-refractivity contribution is 5.78. The van der Waals surface area contributed by atoms with Gasteiger partial charge in [-0.05, 0) is 38.3 Å². The van der Waals surface area contributed by atoms with Crippen LogP contribution in [0.4, 0.5) is 0 Å². The Morgan fingerprint density at radius 3 is 2.96 bits per heavy atom. The third-order valence-electron chi connectivity index (χ3n) is 4.11. The standard InChI is InChI=1S/C17H21N3O3/c1-12-6-3-4-8-15(12)22-11-16(21)20-9-5-7-14(10-20)17-18-13(2)19-23-17/h3-4,6,8,14H,5,7,9-11H2,1-2H3. The van der Waals surface area contributed by atoms with E-state index in [4.69, 9.17) is 9.26 Å². The lowest BCUT2D eigenvalue weighted by Crippen LogP contribution is -2.41. The number of para-hydroxylation sites is 1. The molecule has 1 aromatic heterocycles. The summed E-state index contributed by atoms with van der Waals surface area (Å²) in [6, 6.07) is 7.70. The van der Waals surface area contributed by atoms with Crippen molar-refractivity contribution in [2.24, 2.45) is 0 Å². The molecule has 1 aliphatic rings. The van der Waals surface area contributed by atoms with Gasteiger partial charge < -0.3 is 14.2 Å². The summed E-state index contributed by atoms with van der Waals surface area (Å²) < 4.78 is 10.9. The van der Waals surface area contributed by atoms with Gasteiger partial charge in [0.1, 0.15) is 5.75 Å². The second-order valence-corrected chi connectivity index (χ2v) is 5.91. The van der Waals surface area contributed by atoms with E-state index >= 15 is 0 Å². The van der Waals surface area contributed by atoms with E-state index in [1.165, 1.54) is 0 Å². The fourth-order valence-corrected chi connectivity index (χ4v) is 2.83. The van der Waals surface area contributed by atoms with E-state index in [2.05, 4.69) is 10.1 Å². The lowest BCUT2D eigenvalue weighted by atomic mass is 9.98. The molecule has 0 aliphatic carbocycles. The van der Waals surface area contributed by atoms with Crippen LogP contribution >= 0.6 is 0 Å². The Balaban J connectivity index is 1.58. The SMILES string of the molecule is Cc1noc(C2CCCN(C(=O)COc3ccccc3C)C2)n1. The van der Waals surface area contributed by atoms with Crippen LogP contribution in [0.2, 0.25) is 0 Å². The molecule has 1 amide bonds. The molecule has 2 heterocycles. The van der Waals surface area contributed by atoms with E-state index in [9.17, 15) is 4.79 Å². The van der Waals surface area contributed by atoms with Crippen LogP contribution in [0.15, 0.2) is 28.8 Å². The molecule has 2 aromatic rings. The number of carbonyl (C=O) groups is 1. The van der Waals surface area contributed by atoms with Crippen LogP contribution in [0.25, 0.3) is 0 Å². The van der Waals surface area contributed by atoms with Gasteiger partial charge in [-0.1, -0.05) is 23.4 Å². The molecule has 0 saturated carbocycles. The maximum absolute atomic E-state index is 12.4. The number of hydrogen-bond donors (Lipinski definition) is 0. The molecule has 6 heteroatoms. The van der Waals surface area contributed by atoms with Crippen molar-refractivity contribution >= 4 is 5.91 Å². The first-order chi connectivity index (χ1) is 11.1. The highest BCUT2D eigenvalue weighted by Crippen LogP contribution is 2.26. The molecule has 0 bridgehead atoms. The van der Waals surface area contributed by atoms with E-state index in [1.54, 1.807) is 6.92 Å². The van der Waals surface area contributed by atoms with Gasteiger partial charge in [0.05, 0.1) is 5.92 Å². The Morgan fingerprint density at radius 2 is 2.22 bits per heavy atom. The van der Waals surface area contributed by atoms with Gasteiger partial charge in [0.15, 0.2) is 12.4 Å². The summed E-state index contributed by atoms with van der Waals surface area (Å²) in [6.45, 7) is 5.18. The summed E-state index contributed by atoms with van der Waals surface area (Å²) >= 11 is 0. The van der Waals surface area contributed by atoms with Crippen LogP contribution in [0, 0.1) is 13.8 Å². The molecular weight excluding hydrogens is 294 g/mol. The number of ether oxygens (including phenoxy) is 1. The largest absolute Gasteiger partial charge is 0.484 e. The molecule has 1 aromatic carbocycles. The zero-order chi connectivity index (χ0) is 16.2. The Bertz CT molecular complexity index is 683. The van der Waals surface area contributed by atoms with Gasteiger partial charge in [0.2, 0.25) is 5.89 Å². The number of rotatable bonds is 4. The maximum atomic E-state index is 12.4. The van der Waals surface area contributed by atoms with Gasteiger partial charge in [-0.2, -0.15) is 4.98 Å². The summed E-state index contributed by atoms with van der Waals surface area (Å²) in [5.74, 6) is 2.12. The summed E-state index contributed by atoms with van der Waals surface area (Å²) in [4.78, 5) is 18.5. The van der Waals surface area contributed by atoms with Gasteiger partial charge in [-0.25, -0.2) is 0 Å². The molecule has 1 saturated heterocycles. The van der Waals surface area contributed by atoms with Gasteiger partial charge in [-0.15, -0.1) is 0 Å². The predicted molar refractivity (Wildman–Crippen MR) is 84.3 cm³/mol. The van der Waals surface area contributed by atoms with E-state index in [0.717, 1.165) is 30.7 Å². The van der Waals surface area contributed by atoms with Crippen molar-refractivity contribution in [3.05, 3.63) is 41.5 Å². The van der Waals surface area contributed by atoms with E-state index < -0.39 is 0 Å². The first-order valence-corrected chi connectivity index (χ1v) is 7.90. The number of likely N-dealkylation sites (tertiary alicyclic amines) is 1. The van der Waals surface area contributed by atoms with Crippen molar-refractivity contribution < 1.29 is 14.1 Å². The summed E-state index contributed by atoms with van der Waals surface area (Å²) in [5, 5.41) is 3.83. The topological polar surface area (TPSA) is 68.5 Å². The Labute approximate surface area is 135 Å². The molecule has 23 heavy (non-hydrogen) atoms. The molecule has 0 N–H and O–H groups in total. The Morgan fingerprint density at radius 1 is 1.39 bits per heavy atom. The van der Waals surface area contributed by atoms with Crippen molar-refractivity contribution in [3.63, 3.8) is 0 Å². The van der Waals surface area contributed by atoms with Crippen molar-refractivity contribution in [1.29, 1.82) is 0 Å². The lowest BCUT2D eigenvalue weighted by molar-refractivity contribution is -0.134. The number of aryl methyl sites for hydroxylation is 2. The number of amides is 1. The minimum absolute atomic E-state index is 0.00538.